The average Bonchev–Trinajstić information content (AvgIpc) is 3.57. The third-order valence-electron chi connectivity index (χ3n) is 6.91. The first-order valence-electron chi connectivity index (χ1n) is 13.8. The first-order valence-corrected chi connectivity index (χ1v) is 13.8. The van der Waals surface area contributed by atoms with Gasteiger partial charge >= 0.3 is 0 Å². The fraction of sp³-hybridized carbons (Fsp3) is 0.242. The first kappa shape index (κ1) is 27.8. The lowest BCUT2D eigenvalue weighted by molar-refractivity contribution is 0.0948. The van der Waals surface area contributed by atoms with Crippen LogP contribution in [0.15, 0.2) is 77.5 Å². The molecule has 0 aliphatic rings. The number of nitrogens with two attached hydrogens (primary N) is 1. The Labute approximate surface area is 238 Å². The number of primary amides is 1. The van der Waals surface area contributed by atoms with E-state index in [9.17, 15) is 14.0 Å². The number of aryl methyl sites for hydroxylation is 1. The summed E-state index contributed by atoms with van der Waals surface area (Å²) in [4.78, 5) is 25.8. The first-order chi connectivity index (χ1) is 19.7. The van der Waals surface area contributed by atoms with Gasteiger partial charge in [-0.2, -0.15) is 5.10 Å². The normalized spacial score (nSPS) is 11.3. The van der Waals surface area contributed by atoms with Crippen LogP contribution in [0.4, 0.5) is 4.39 Å². The van der Waals surface area contributed by atoms with Crippen molar-refractivity contribution in [3.63, 3.8) is 0 Å². The van der Waals surface area contributed by atoms with E-state index in [0.29, 0.717) is 46.7 Å². The molecule has 0 unspecified atom stereocenters. The van der Waals surface area contributed by atoms with Crippen molar-refractivity contribution >= 4 is 22.8 Å². The highest BCUT2D eigenvalue weighted by atomic mass is 19.1. The molecule has 0 atom stereocenters. The molecule has 0 fully saturated rings. The van der Waals surface area contributed by atoms with Gasteiger partial charge in [-0.1, -0.05) is 39.0 Å². The van der Waals surface area contributed by atoms with Crippen molar-refractivity contribution in [3.05, 3.63) is 101 Å². The van der Waals surface area contributed by atoms with Gasteiger partial charge in [-0.15, -0.1) is 0 Å². The van der Waals surface area contributed by atoms with Crippen molar-refractivity contribution in [1.82, 2.24) is 15.1 Å². The molecule has 2 aromatic heterocycles. The SMILES string of the molecule is CCCn1cc(-c2ccc(Cc3ccc4oc(-c5ccc(F)cc5)c(C(N)=O)c4c3)cc2C(=O)NCC(C)C)cn1. The lowest BCUT2D eigenvalue weighted by Crippen LogP contribution is -2.27. The van der Waals surface area contributed by atoms with E-state index in [1.807, 2.05) is 41.2 Å². The van der Waals surface area contributed by atoms with Crippen LogP contribution in [0.3, 0.4) is 0 Å². The Morgan fingerprint density at radius 3 is 2.46 bits per heavy atom. The predicted molar refractivity (Wildman–Crippen MR) is 158 cm³/mol. The number of rotatable bonds is 10. The molecule has 5 rings (SSSR count). The van der Waals surface area contributed by atoms with Gasteiger partial charge < -0.3 is 15.5 Å². The largest absolute Gasteiger partial charge is 0.455 e. The molecule has 2 heterocycles. The summed E-state index contributed by atoms with van der Waals surface area (Å²) in [5.41, 5.74) is 11.2. The van der Waals surface area contributed by atoms with Crippen molar-refractivity contribution in [3.8, 4) is 22.5 Å². The fourth-order valence-electron chi connectivity index (χ4n) is 4.93. The van der Waals surface area contributed by atoms with Gasteiger partial charge in [0.05, 0.1) is 11.8 Å². The Morgan fingerprint density at radius 2 is 1.76 bits per heavy atom. The summed E-state index contributed by atoms with van der Waals surface area (Å²) in [6, 6.07) is 17.2. The van der Waals surface area contributed by atoms with Crippen molar-refractivity contribution < 1.29 is 18.4 Å². The van der Waals surface area contributed by atoms with Crippen LogP contribution >= 0.6 is 0 Å². The Bertz CT molecular complexity index is 1720. The number of nitrogens with one attached hydrogen (secondary N) is 1. The van der Waals surface area contributed by atoms with E-state index in [0.717, 1.165) is 35.2 Å². The summed E-state index contributed by atoms with van der Waals surface area (Å²) in [7, 11) is 0. The van der Waals surface area contributed by atoms with Gasteiger partial charge in [0.2, 0.25) is 0 Å². The number of nitrogens with zero attached hydrogens (tertiary/aromatic N) is 2. The monoisotopic (exact) mass is 552 g/mol. The van der Waals surface area contributed by atoms with Gasteiger partial charge in [-0.25, -0.2) is 4.39 Å². The molecule has 41 heavy (non-hydrogen) atoms. The van der Waals surface area contributed by atoms with Crippen molar-refractivity contribution in [2.75, 3.05) is 6.54 Å². The molecular formula is C33H33FN4O3. The summed E-state index contributed by atoms with van der Waals surface area (Å²) < 4.78 is 21.4. The third-order valence-corrected chi connectivity index (χ3v) is 6.91. The zero-order valence-corrected chi connectivity index (χ0v) is 23.4. The Hall–Kier alpha value is -4.72. The molecular weight excluding hydrogens is 519 g/mol. The molecule has 0 radical (unpaired) electrons. The highest BCUT2D eigenvalue weighted by Crippen LogP contribution is 2.35. The lowest BCUT2D eigenvalue weighted by Gasteiger charge is -2.13. The molecule has 3 N–H and O–H groups in total. The van der Waals surface area contributed by atoms with Crippen LogP contribution < -0.4 is 11.1 Å². The van der Waals surface area contributed by atoms with Gasteiger partial charge in [0.25, 0.3) is 11.8 Å². The zero-order chi connectivity index (χ0) is 29.1. The van der Waals surface area contributed by atoms with Gasteiger partial charge in [-0.3, -0.25) is 14.3 Å². The topological polar surface area (TPSA) is 103 Å². The predicted octanol–water partition coefficient (Wildman–Crippen LogP) is 6.59. The Kier molecular flexibility index (Phi) is 8.01. The molecule has 210 valence electrons. The molecule has 0 bridgehead atoms. The summed E-state index contributed by atoms with van der Waals surface area (Å²) in [6.07, 6.45) is 5.24. The highest BCUT2D eigenvalue weighted by Gasteiger charge is 2.21. The van der Waals surface area contributed by atoms with E-state index in [2.05, 4.69) is 31.2 Å². The molecule has 2 amide bonds. The molecule has 0 aliphatic heterocycles. The maximum atomic E-state index is 13.5. The highest BCUT2D eigenvalue weighted by molar-refractivity contribution is 6.10. The molecule has 0 saturated carbocycles. The minimum absolute atomic E-state index is 0.135. The zero-order valence-electron chi connectivity index (χ0n) is 23.4. The molecule has 0 spiro atoms. The molecule has 7 nitrogen and oxygen atoms in total. The number of amides is 2. The Balaban J connectivity index is 1.51. The summed E-state index contributed by atoms with van der Waals surface area (Å²) in [5.74, 6) is -0.521. The quantitative estimate of drug-likeness (QED) is 0.204. The second-order valence-electron chi connectivity index (χ2n) is 10.7. The summed E-state index contributed by atoms with van der Waals surface area (Å²) in [5, 5.41) is 8.08. The number of hydrogen-bond acceptors (Lipinski definition) is 4. The van der Waals surface area contributed by atoms with E-state index in [-0.39, 0.29) is 17.3 Å². The maximum Gasteiger partial charge on any atom is 0.253 e. The van der Waals surface area contributed by atoms with Crippen LogP contribution in [-0.4, -0.2) is 28.1 Å². The van der Waals surface area contributed by atoms with Gasteiger partial charge in [0.1, 0.15) is 17.2 Å². The average molecular weight is 553 g/mol. The maximum absolute atomic E-state index is 13.5. The fourth-order valence-corrected chi connectivity index (χ4v) is 4.93. The van der Waals surface area contributed by atoms with Gasteiger partial charge in [-0.05, 0) is 77.9 Å². The third kappa shape index (κ3) is 6.06. The van der Waals surface area contributed by atoms with E-state index in [1.54, 1.807) is 24.4 Å². The minimum atomic E-state index is -0.627. The number of aromatic nitrogens is 2. The second-order valence-corrected chi connectivity index (χ2v) is 10.7. The second kappa shape index (κ2) is 11.8. The number of fused-ring (bicyclic) bond motifs is 1. The van der Waals surface area contributed by atoms with Crippen LogP contribution in [0.1, 0.15) is 59.0 Å². The van der Waals surface area contributed by atoms with E-state index in [1.165, 1.54) is 12.1 Å². The summed E-state index contributed by atoms with van der Waals surface area (Å²) in [6.45, 7) is 7.58. The van der Waals surface area contributed by atoms with E-state index >= 15 is 0 Å². The van der Waals surface area contributed by atoms with Crippen LogP contribution in [0.5, 0.6) is 0 Å². The van der Waals surface area contributed by atoms with Gasteiger partial charge in [0.15, 0.2) is 0 Å². The number of benzene rings is 3. The standard InChI is InChI=1S/C33H33FN4O3/c1-4-13-38-19-24(18-37-38)26-11-5-21(15-27(26)33(40)36-17-20(2)3)14-22-6-12-29-28(16-22)30(32(35)39)31(41-29)23-7-9-25(34)10-8-23/h5-12,15-16,18-20H,4,13-14,17H2,1-3H3,(H2,35,39)(H,36,40). The molecule has 8 heteroatoms. The number of carbonyl (C=O) groups is 2. The molecule has 0 aliphatic carbocycles. The molecule has 0 saturated heterocycles. The van der Waals surface area contributed by atoms with Crippen LogP contribution in [0.25, 0.3) is 33.4 Å². The van der Waals surface area contributed by atoms with Crippen LogP contribution in [0, 0.1) is 11.7 Å². The van der Waals surface area contributed by atoms with Gasteiger partial charge in [0, 0.05) is 41.4 Å². The minimum Gasteiger partial charge on any atom is -0.455 e. The number of furan rings is 1. The number of halogens is 1. The molecule has 3 aromatic carbocycles. The van der Waals surface area contributed by atoms with E-state index < -0.39 is 5.91 Å². The van der Waals surface area contributed by atoms with Crippen LogP contribution in [0.2, 0.25) is 0 Å². The van der Waals surface area contributed by atoms with Crippen molar-refractivity contribution in [1.29, 1.82) is 0 Å². The van der Waals surface area contributed by atoms with E-state index in [4.69, 9.17) is 10.2 Å². The summed E-state index contributed by atoms with van der Waals surface area (Å²) >= 11 is 0. The lowest BCUT2D eigenvalue weighted by atomic mass is 9.95. The number of carbonyl (C=O) groups excluding carboxylic acids is 2. The van der Waals surface area contributed by atoms with Crippen molar-refractivity contribution in [2.45, 2.75) is 40.2 Å². The number of hydrogen-bond donors (Lipinski definition) is 2. The van der Waals surface area contributed by atoms with Crippen LogP contribution in [-0.2, 0) is 13.0 Å². The van der Waals surface area contributed by atoms with Crippen molar-refractivity contribution in [2.24, 2.45) is 11.7 Å². The molecule has 5 aromatic rings. The Morgan fingerprint density at radius 1 is 1.02 bits per heavy atom. The smallest absolute Gasteiger partial charge is 0.253 e.